The standard InChI is InChI=1S/C10H14N3O2/c1-7(2)9(13(11)10(14)15)8-5-3-4-6-12-8/h3-6,9H,11H2,1-2H3,(H,14,15). The zero-order chi connectivity index (χ0) is 11.4. The van der Waals surface area contributed by atoms with E-state index in [4.69, 9.17) is 10.9 Å². The smallest absolute Gasteiger partial charge is 0.422 e. The Morgan fingerprint density at radius 3 is 2.60 bits per heavy atom. The second-order valence-corrected chi connectivity index (χ2v) is 3.42. The third-order valence-corrected chi connectivity index (χ3v) is 2.01. The zero-order valence-electron chi connectivity index (χ0n) is 8.71. The molecule has 1 heterocycles. The Kier molecular flexibility index (Phi) is 3.62. The van der Waals surface area contributed by atoms with Gasteiger partial charge in [-0.05, 0) is 12.1 Å². The van der Waals surface area contributed by atoms with E-state index in [1.54, 1.807) is 24.4 Å². The van der Waals surface area contributed by atoms with Gasteiger partial charge in [0.05, 0.1) is 11.7 Å². The van der Waals surface area contributed by atoms with E-state index in [2.05, 4.69) is 4.98 Å². The van der Waals surface area contributed by atoms with Gasteiger partial charge < -0.3 is 5.11 Å². The molecule has 1 atom stereocenters. The van der Waals surface area contributed by atoms with Gasteiger partial charge in [-0.1, -0.05) is 19.9 Å². The molecule has 5 heteroatoms. The Morgan fingerprint density at radius 1 is 1.53 bits per heavy atom. The molecule has 1 rings (SSSR count). The molecule has 0 aliphatic heterocycles. The van der Waals surface area contributed by atoms with Crippen LogP contribution in [0.4, 0.5) is 4.79 Å². The Hall–Kier alpha value is -1.62. The molecule has 0 bridgehead atoms. The van der Waals surface area contributed by atoms with Gasteiger partial charge in [0, 0.05) is 12.1 Å². The van der Waals surface area contributed by atoms with Crippen molar-refractivity contribution in [1.29, 1.82) is 0 Å². The van der Waals surface area contributed by atoms with Crippen LogP contribution >= 0.6 is 0 Å². The highest BCUT2D eigenvalue weighted by molar-refractivity contribution is 5.65. The van der Waals surface area contributed by atoms with Crippen LogP contribution in [0.5, 0.6) is 0 Å². The predicted molar refractivity (Wildman–Crippen MR) is 55.6 cm³/mol. The van der Waals surface area contributed by atoms with Crippen molar-refractivity contribution >= 4 is 6.09 Å². The van der Waals surface area contributed by atoms with E-state index >= 15 is 0 Å². The quantitative estimate of drug-likeness (QED) is 0.449. The normalized spacial score (nSPS) is 12.5. The lowest BCUT2D eigenvalue weighted by Crippen LogP contribution is -2.41. The molecule has 0 saturated carbocycles. The first kappa shape index (κ1) is 11.5. The predicted octanol–water partition coefficient (Wildman–Crippen LogP) is 1.59. The van der Waals surface area contributed by atoms with E-state index < -0.39 is 12.1 Å². The lowest BCUT2D eigenvalue weighted by Gasteiger charge is -2.27. The fourth-order valence-electron chi connectivity index (χ4n) is 1.36. The summed E-state index contributed by atoms with van der Waals surface area (Å²) < 4.78 is 0. The number of nitrogens with two attached hydrogens (primary N) is 1. The summed E-state index contributed by atoms with van der Waals surface area (Å²) in [5.41, 5.74) is 0.627. The zero-order valence-corrected chi connectivity index (χ0v) is 8.71. The van der Waals surface area contributed by atoms with Gasteiger partial charge in [0.25, 0.3) is 0 Å². The number of aromatic nitrogens is 1. The second-order valence-electron chi connectivity index (χ2n) is 3.42. The van der Waals surface area contributed by atoms with E-state index in [1.807, 2.05) is 13.8 Å². The Balaban J connectivity index is 2.99. The number of carboxylic acid groups (broad SMARTS) is 1. The van der Waals surface area contributed by atoms with Crippen molar-refractivity contribution in [3.63, 3.8) is 0 Å². The monoisotopic (exact) mass is 208 g/mol. The summed E-state index contributed by atoms with van der Waals surface area (Å²) in [6, 6.07) is 4.82. The minimum atomic E-state index is -1.17. The molecule has 5 nitrogen and oxygen atoms in total. The molecule has 1 amide bonds. The molecule has 1 aromatic rings. The van der Waals surface area contributed by atoms with Crippen LogP contribution in [0, 0.1) is 5.92 Å². The minimum absolute atomic E-state index is 0.497. The lowest BCUT2D eigenvalue weighted by molar-refractivity contribution is 0.126. The average Bonchev–Trinajstić information content (AvgIpc) is 2.18. The van der Waals surface area contributed by atoms with Gasteiger partial charge >= 0.3 is 6.09 Å². The SMILES string of the molecule is C[C](C)C(c1ccccn1)N(N)C(=O)O. The van der Waals surface area contributed by atoms with Crippen LogP contribution in [0.2, 0.25) is 0 Å². The molecule has 0 fully saturated rings. The largest absolute Gasteiger partial charge is 0.464 e. The topological polar surface area (TPSA) is 79.5 Å². The highest BCUT2D eigenvalue weighted by Crippen LogP contribution is 2.25. The van der Waals surface area contributed by atoms with Gasteiger partial charge in [-0.3, -0.25) is 4.98 Å². The first-order chi connectivity index (χ1) is 7.04. The number of carbonyl (C=O) groups is 1. The summed E-state index contributed by atoms with van der Waals surface area (Å²) in [7, 11) is 0. The third-order valence-electron chi connectivity index (χ3n) is 2.01. The van der Waals surface area contributed by atoms with Crippen LogP contribution < -0.4 is 5.84 Å². The van der Waals surface area contributed by atoms with E-state index in [0.29, 0.717) is 5.69 Å². The highest BCUT2D eigenvalue weighted by atomic mass is 16.4. The van der Waals surface area contributed by atoms with Crippen molar-refractivity contribution in [2.75, 3.05) is 0 Å². The first-order valence-electron chi connectivity index (χ1n) is 4.52. The molecule has 0 aromatic carbocycles. The molecular weight excluding hydrogens is 194 g/mol. The number of rotatable bonds is 3. The molecular formula is C10H14N3O2. The maximum absolute atomic E-state index is 10.8. The third kappa shape index (κ3) is 2.66. The van der Waals surface area contributed by atoms with Crippen molar-refractivity contribution in [1.82, 2.24) is 9.99 Å². The van der Waals surface area contributed by atoms with E-state index in [-0.39, 0.29) is 0 Å². The second kappa shape index (κ2) is 4.75. The fraction of sp³-hybridized carbons (Fsp3) is 0.300. The molecule has 0 aliphatic rings. The molecule has 1 radical (unpaired) electrons. The Morgan fingerprint density at radius 2 is 2.20 bits per heavy atom. The van der Waals surface area contributed by atoms with Crippen molar-refractivity contribution < 1.29 is 9.90 Å². The Bertz CT molecular complexity index is 327. The molecule has 0 aliphatic carbocycles. The number of nitrogens with zero attached hydrogens (tertiary/aromatic N) is 2. The molecule has 0 spiro atoms. The van der Waals surface area contributed by atoms with Gasteiger partial charge in [0.1, 0.15) is 0 Å². The fourth-order valence-corrected chi connectivity index (χ4v) is 1.36. The first-order valence-corrected chi connectivity index (χ1v) is 4.52. The van der Waals surface area contributed by atoms with Gasteiger partial charge in [0.15, 0.2) is 0 Å². The number of hydrogen-bond acceptors (Lipinski definition) is 3. The Labute approximate surface area is 88.5 Å². The van der Waals surface area contributed by atoms with Crippen molar-refractivity contribution in [3.05, 3.63) is 36.0 Å². The van der Waals surface area contributed by atoms with E-state index in [0.717, 1.165) is 10.9 Å². The number of hydrazine groups is 1. The van der Waals surface area contributed by atoms with Crippen molar-refractivity contribution in [2.45, 2.75) is 19.9 Å². The molecule has 3 N–H and O–H groups in total. The number of amides is 1. The highest BCUT2D eigenvalue weighted by Gasteiger charge is 2.26. The number of pyridine rings is 1. The summed E-state index contributed by atoms with van der Waals surface area (Å²) in [4.78, 5) is 14.9. The average molecular weight is 208 g/mol. The molecule has 0 saturated heterocycles. The van der Waals surface area contributed by atoms with Crippen LogP contribution in [0.25, 0.3) is 0 Å². The summed E-state index contributed by atoms with van der Waals surface area (Å²) in [6.07, 6.45) is 0.438. The van der Waals surface area contributed by atoms with Crippen LogP contribution in [0.15, 0.2) is 24.4 Å². The van der Waals surface area contributed by atoms with Gasteiger partial charge in [-0.15, -0.1) is 0 Å². The van der Waals surface area contributed by atoms with Crippen LogP contribution in [-0.4, -0.2) is 21.2 Å². The van der Waals surface area contributed by atoms with Gasteiger partial charge in [-0.25, -0.2) is 15.6 Å². The summed E-state index contributed by atoms with van der Waals surface area (Å²) in [6.45, 7) is 3.64. The van der Waals surface area contributed by atoms with Gasteiger partial charge in [0.2, 0.25) is 0 Å². The van der Waals surface area contributed by atoms with Crippen molar-refractivity contribution in [2.24, 2.45) is 5.84 Å². The summed E-state index contributed by atoms with van der Waals surface area (Å²) >= 11 is 0. The van der Waals surface area contributed by atoms with Crippen molar-refractivity contribution in [3.8, 4) is 0 Å². The van der Waals surface area contributed by atoms with Crippen LogP contribution in [0.1, 0.15) is 25.6 Å². The van der Waals surface area contributed by atoms with Crippen LogP contribution in [-0.2, 0) is 0 Å². The maximum atomic E-state index is 10.8. The molecule has 1 aromatic heterocycles. The minimum Gasteiger partial charge on any atom is -0.464 e. The lowest BCUT2D eigenvalue weighted by atomic mass is 10.00. The summed E-state index contributed by atoms with van der Waals surface area (Å²) in [5.74, 6) is 6.34. The summed E-state index contributed by atoms with van der Waals surface area (Å²) in [5, 5.41) is 9.58. The van der Waals surface area contributed by atoms with E-state index in [9.17, 15) is 4.79 Å². The van der Waals surface area contributed by atoms with E-state index in [1.165, 1.54) is 0 Å². The molecule has 15 heavy (non-hydrogen) atoms. The van der Waals surface area contributed by atoms with Gasteiger partial charge in [-0.2, -0.15) is 0 Å². The maximum Gasteiger partial charge on any atom is 0.422 e. The van der Waals surface area contributed by atoms with Crippen LogP contribution in [0.3, 0.4) is 0 Å². The molecule has 81 valence electrons. The number of hydrogen-bond donors (Lipinski definition) is 2. The molecule has 1 unspecified atom stereocenters.